The summed E-state index contributed by atoms with van der Waals surface area (Å²) in [4.78, 5) is 13.3. The monoisotopic (exact) mass is 269 g/mol. The van der Waals surface area contributed by atoms with Crippen LogP contribution in [0, 0.1) is 0 Å². The Morgan fingerprint density at radius 3 is 2.32 bits per heavy atom. The highest BCUT2D eigenvalue weighted by atomic mass is 16.4. The number of unbranched alkanes of at least 4 members (excludes halogenated alkanes) is 3. The molecule has 1 aliphatic carbocycles. The highest BCUT2D eigenvalue weighted by molar-refractivity contribution is 5.66. The van der Waals surface area contributed by atoms with Crippen molar-refractivity contribution in [3.05, 3.63) is 0 Å². The van der Waals surface area contributed by atoms with Crippen LogP contribution in [-0.4, -0.2) is 35.1 Å². The summed E-state index contributed by atoms with van der Waals surface area (Å²) in [6, 6.07) is 0.642. The first-order valence-electron chi connectivity index (χ1n) is 8.20. The summed E-state index contributed by atoms with van der Waals surface area (Å²) in [6.45, 7) is 4.07. The van der Waals surface area contributed by atoms with Gasteiger partial charge >= 0.3 is 5.97 Å². The zero-order valence-electron chi connectivity index (χ0n) is 12.6. The van der Waals surface area contributed by atoms with Crippen molar-refractivity contribution < 1.29 is 9.90 Å². The van der Waals surface area contributed by atoms with E-state index in [0.29, 0.717) is 12.5 Å². The van der Waals surface area contributed by atoms with E-state index in [-0.39, 0.29) is 0 Å². The zero-order chi connectivity index (χ0) is 13.9. The molecule has 1 aliphatic rings. The molecule has 3 nitrogen and oxygen atoms in total. The van der Waals surface area contributed by atoms with E-state index in [1.54, 1.807) is 0 Å². The summed E-state index contributed by atoms with van der Waals surface area (Å²) in [6.07, 6.45) is 13.3. The molecule has 1 fully saturated rings. The molecule has 0 unspecified atom stereocenters. The summed E-state index contributed by atoms with van der Waals surface area (Å²) in [7, 11) is 0. The van der Waals surface area contributed by atoms with Gasteiger partial charge in [-0.15, -0.1) is 0 Å². The molecule has 1 saturated carbocycles. The quantitative estimate of drug-likeness (QED) is 0.507. The van der Waals surface area contributed by atoms with Gasteiger partial charge in [0.1, 0.15) is 0 Å². The van der Waals surface area contributed by atoms with Crippen LogP contribution in [0.15, 0.2) is 0 Å². The van der Waals surface area contributed by atoms with Gasteiger partial charge in [-0.1, -0.05) is 51.9 Å². The summed E-state index contributed by atoms with van der Waals surface area (Å²) in [5, 5.41) is 8.90. The van der Waals surface area contributed by atoms with E-state index in [2.05, 4.69) is 11.8 Å². The second-order valence-electron chi connectivity index (χ2n) is 5.89. The molecule has 19 heavy (non-hydrogen) atoms. The molecule has 0 aromatic rings. The Bertz CT molecular complexity index is 235. The van der Waals surface area contributed by atoms with E-state index < -0.39 is 5.97 Å². The molecular weight excluding hydrogens is 238 g/mol. The average molecular weight is 269 g/mol. The number of carboxylic acids is 1. The number of rotatable bonds is 9. The van der Waals surface area contributed by atoms with Crippen LogP contribution in [0.1, 0.15) is 77.6 Å². The minimum Gasteiger partial charge on any atom is -0.481 e. The van der Waals surface area contributed by atoms with Crippen molar-refractivity contribution in [2.45, 2.75) is 83.6 Å². The van der Waals surface area contributed by atoms with E-state index >= 15 is 0 Å². The highest BCUT2D eigenvalue weighted by Gasteiger charge is 2.20. The van der Waals surface area contributed by atoms with Gasteiger partial charge in [-0.25, -0.2) is 0 Å². The molecular formula is C16H31NO2. The first-order chi connectivity index (χ1) is 9.24. The number of hydrogen-bond donors (Lipinski definition) is 1. The van der Waals surface area contributed by atoms with Gasteiger partial charge in [-0.2, -0.15) is 0 Å². The molecule has 1 rings (SSSR count). The molecule has 0 aromatic heterocycles. The maximum Gasteiger partial charge on any atom is 0.304 e. The van der Waals surface area contributed by atoms with Crippen LogP contribution in [0.5, 0.6) is 0 Å². The number of carbonyl (C=O) groups is 1. The van der Waals surface area contributed by atoms with E-state index in [0.717, 1.165) is 13.1 Å². The SMILES string of the molecule is CCCCCCN(CCC(=O)O)C1CCCCCC1. The Morgan fingerprint density at radius 1 is 1.05 bits per heavy atom. The molecule has 3 heteroatoms. The fourth-order valence-corrected chi connectivity index (χ4v) is 3.08. The normalized spacial score (nSPS) is 17.6. The molecule has 1 N–H and O–H groups in total. The zero-order valence-corrected chi connectivity index (χ0v) is 12.6. The third-order valence-corrected chi connectivity index (χ3v) is 4.25. The standard InChI is InChI=1S/C16H31NO2/c1-2-3-4-9-13-17(14-12-16(18)19)15-10-7-5-6-8-11-15/h15H,2-14H2,1H3,(H,18,19). The van der Waals surface area contributed by atoms with Gasteiger partial charge in [-0.3, -0.25) is 9.69 Å². The number of hydrogen-bond acceptors (Lipinski definition) is 2. The van der Waals surface area contributed by atoms with E-state index in [1.807, 2.05) is 0 Å². The van der Waals surface area contributed by atoms with Gasteiger partial charge in [0.25, 0.3) is 0 Å². The van der Waals surface area contributed by atoms with Crippen LogP contribution in [0.4, 0.5) is 0 Å². The van der Waals surface area contributed by atoms with Crippen LogP contribution in [0.3, 0.4) is 0 Å². The van der Waals surface area contributed by atoms with E-state index in [4.69, 9.17) is 5.11 Å². The number of aliphatic carboxylic acids is 1. The van der Waals surface area contributed by atoms with Crippen LogP contribution in [-0.2, 0) is 4.79 Å². The molecule has 112 valence electrons. The van der Waals surface area contributed by atoms with E-state index in [9.17, 15) is 4.79 Å². The molecule has 0 spiro atoms. The lowest BCUT2D eigenvalue weighted by atomic mass is 10.1. The lowest BCUT2D eigenvalue weighted by Crippen LogP contribution is -2.37. The second-order valence-corrected chi connectivity index (χ2v) is 5.89. The fourth-order valence-electron chi connectivity index (χ4n) is 3.08. The van der Waals surface area contributed by atoms with Gasteiger partial charge in [0, 0.05) is 12.6 Å². The van der Waals surface area contributed by atoms with E-state index in [1.165, 1.54) is 64.2 Å². The van der Waals surface area contributed by atoms with Gasteiger partial charge in [-0.05, 0) is 25.8 Å². The topological polar surface area (TPSA) is 40.5 Å². The van der Waals surface area contributed by atoms with Gasteiger partial charge in [0.15, 0.2) is 0 Å². The van der Waals surface area contributed by atoms with Crippen molar-refractivity contribution in [2.75, 3.05) is 13.1 Å². The first kappa shape index (κ1) is 16.5. The first-order valence-corrected chi connectivity index (χ1v) is 8.20. The van der Waals surface area contributed by atoms with Crippen LogP contribution in [0.25, 0.3) is 0 Å². The Balaban J connectivity index is 2.39. The van der Waals surface area contributed by atoms with Crippen molar-refractivity contribution in [2.24, 2.45) is 0 Å². The Kier molecular flexibility index (Phi) is 8.89. The minimum atomic E-state index is -0.660. The molecule has 0 bridgehead atoms. The summed E-state index contributed by atoms with van der Waals surface area (Å²) >= 11 is 0. The van der Waals surface area contributed by atoms with Crippen molar-refractivity contribution in [3.63, 3.8) is 0 Å². The maximum atomic E-state index is 10.8. The van der Waals surface area contributed by atoms with Crippen LogP contribution in [0.2, 0.25) is 0 Å². The lowest BCUT2D eigenvalue weighted by Gasteiger charge is -2.30. The Hall–Kier alpha value is -0.570. The largest absolute Gasteiger partial charge is 0.481 e. The number of nitrogens with zero attached hydrogens (tertiary/aromatic N) is 1. The third kappa shape index (κ3) is 7.56. The second kappa shape index (κ2) is 10.2. The third-order valence-electron chi connectivity index (χ3n) is 4.25. The van der Waals surface area contributed by atoms with Gasteiger partial charge in [0.05, 0.1) is 6.42 Å². The minimum absolute atomic E-state index is 0.296. The molecule has 0 amide bonds. The van der Waals surface area contributed by atoms with Crippen LogP contribution < -0.4 is 0 Å². The van der Waals surface area contributed by atoms with Crippen molar-refractivity contribution in [1.82, 2.24) is 4.90 Å². The molecule has 0 heterocycles. The Morgan fingerprint density at radius 2 is 1.74 bits per heavy atom. The van der Waals surface area contributed by atoms with Crippen molar-refractivity contribution in [1.29, 1.82) is 0 Å². The molecule has 0 aliphatic heterocycles. The lowest BCUT2D eigenvalue weighted by molar-refractivity contribution is -0.137. The smallest absolute Gasteiger partial charge is 0.304 e. The predicted octanol–water partition coefficient (Wildman–Crippen LogP) is 4.07. The molecule has 0 radical (unpaired) electrons. The van der Waals surface area contributed by atoms with Gasteiger partial charge < -0.3 is 5.11 Å². The highest BCUT2D eigenvalue weighted by Crippen LogP contribution is 2.22. The predicted molar refractivity (Wildman–Crippen MR) is 79.5 cm³/mol. The van der Waals surface area contributed by atoms with Gasteiger partial charge in [0.2, 0.25) is 0 Å². The van der Waals surface area contributed by atoms with Crippen molar-refractivity contribution >= 4 is 5.97 Å². The van der Waals surface area contributed by atoms with Crippen molar-refractivity contribution in [3.8, 4) is 0 Å². The van der Waals surface area contributed by atoms with Crippen LogP contribution >= 0.6 is 0 Å². The molecule has 0 atom stereocenters. The maximum absolute atomic E-state index is 10.8. The summed E-state index contributed by atoms with van der Waals surface area (Å²) in [5.41, 5.74) is 0. The summed E-state index contributed by atoms with van der Waals surface area (Å²) < 4.78 is 0. The summed E-state index contributed by atoms with van der Waals surface area (Å²) in [5.74, 6) is -0.660. The molecule has 0 saturated heterocycles. The average Bonchev–Trinajstić information content (AvgIpc) is 2.66. The Labute approximate surface area is 118 Å². The molecule has 0 aromatic carbocycles. The fraction of sp³-hybridized carbons (Fsp3) is 0.938. The number of carboxylic acid groups (broad SMARTS) is 1.